The molecular formula is C11H18N2S. The average Bonchev–Trinajstić information content (AvgIpc) is 2.69. The summed E-state index contributed by atoms with van der Waals surface area (Å²) in [5, 5.41) is 0.246. The van der Waals surface area contributed by atoms with Crippen molar-refractivity contribution in [3.05, 3.63) is 25.3 Å². The molecule has 0 amide bonds. The van der Waals surface area contributed by atoms with Crippen molar-refractivity contribution >= 4 is 18.3 Å². The number of hydrogen-bond donors (Lipinski definition) is 1. The Balaban J connectivity index is 2.37. The van der Waals surface area contributed by atoms with Crippen LogP contribution < -0.4 is 0 Å². The molecule has 0 radical (unpaired) electrons. The molecule has 0 aliphatic carbocycles. The van der Waals surface area contributed by atoms with Gasteiger partial charge in [0.2, 0.25) is 0 Å². The summed E-state index contributed by atoms with van der Waals surface area (Å²) in [5.41, 5.74) is 1.02. The molecule has 0 aliphatic rings. The number of rotatable bonds is 6. The monoisotopic (exact) mass is 210 g/mol. The molecule has 0 N–H and O–H groups in total. The first-order valence-electron chi connectivity index (χ1n) is 5.11. The van der Waals surface area contributed by atoms with Gasteiger partial charge in [-0.3, -0.25) is 0 Å². The number of imidazole rings is 1. The van der Waals surface area contributed by atoms with Gasteiger partial charge in [-0.25, -0.2) is 4.98 Å². The van der Waals surface area contributed by atoms with Gasteiger partial charge >= 0.3 is 0 Å². The molecule has 1 unspecified atom stereocenters. The second-order valence-corrected chi connectivity index (χ2v) is 4.10. The van der Waals surface area contributed by atoms with Gasteiger partial charge < -0.3 is 4.57 Å². The zero-order valence-corrected chi connectivity index (χ0v) is 9.58. The first kappa shape index (κ1) is 11.4. The molecule has 1 atom stereocenters. The van der Waals surface area contributed by atoms with Crippen LogP contribution in [0.2, 0.25) is 0 Å². The van der Waals surface area contributed by atoms with Gasteiger partial charge in [-0.2, -0.15) is 12.6 Å². The quantitative estimate of drug-likeness (QED) is 0.564. The third-order valence-corrected chi connectivity index (χ3v) is 2.86. The summed E-state index contributed by atoms with van der Waals surface area (Å²) in [6, 6.07) is 0. The fourth-order valence-corrected chi connectivity index (χ4v) is 1.67. The molecule has 1 rings (SSSR count). The van der Waals surface area contributed by atoms with Crippen molar-refractivity contribution in [1.82, 2.24) is 9.55 Å². The van der Waals surface area contributed by atoms with Crippen LogP contribution >= 0.6 is 12.6 Å². The van der Waals surface area contributed by atoms with Crippen molar-refractivity contribution in [2.75, 3.05) is 0 Å². The van der Waals surface area contributed by atoms with Gasteiger partial charge in [-0.15, -0.1) is 0 Å². The highest BCUT2D eigenvalue weighted by Crippen LogP contribution is 2.19. The lowest BCUT2D eigenvalue weighted by Crippen LogP contribution is -2.06. The van der Waals surface area contributed by atoms with E-state index < -0.39 is 0 Å². The zero-order valence-electron chi connectivity index (χ0n) is 8.69. The Labute approximate surface area is 91.5 Å². The second kappa shape index (κ2) is 5.91. The SMILES string of the molecule is C=C(C(S)CCCCC)n1ccnc1. The molecule has 0 fully saturated rings. The van der Waals surface area contributed by atoms with Gasteiger partial charge in [0, 0.05) is 23.3 Å². The fourth-order valence-electron chi connectivity index (χ4n) is 1.36. The number of hydrogen-bond acceptors (Lipinski definition) is 2. The fraction of sp³-hybridized carbons (Fsp3) is 0.545. The summed E-state index contributed by atoms with van der Waals surface area (Å²) < 4.78 is 1.93. The summed E-state index contributed by atoms with van der Waals surface area (Å²) in [7, 11) is 0. The van der Waals surface area contributed by atoms with E-state index in [-0.39, 0.29) is 5.25 Å². The highest BCUT2D eigenvalue weighted by atomic mass is 32.1. The van der Waals surface area contributed by atoms with Crippen molar-refractivity contribution in [2.45, 2.75) is 37.9 Å². The summed E-state index contributed by atoms with van der Waals surface area (Å²) >= 11 is 4.54. The maximum atomic E-state index is 4.54. The van der Waals surface area contributed by atoms with E-state index >= 15 is 0 Å². The molecule has 1 heterocycles. The Hall–Kier alpha value is -0.700. The lowest BCUT2D eigenvalue weighted by molar-refractivity contribution is 0.679. The number of unbranched alkanes of at least 4 members (excludes halogenated alkanes) is 2. The smallest absolute Gasteiger partial charge is 0.0989 e. The van der Waals surface area contributed by atoms with E-state index in [9.17, 15) is 0 Å². The average molecular weight is 210 g/mol. The van der Waals surface area contributed by atoms with E-state index in [2.05, 4.69) is 31.1 Å². The summed E-state index contributed by atoms with van der Waals surface area (Å²) in [6.45, 7) is 6.23. The maximum absolute atomic E-state index is 4.54. The van der Waals surface area contributed by atoms with E-state index in [1.54, 1.807) is 12.5 Å². The highest BCUT2D eigenvalue weighted by molar-refractivity contribution is 7.81. The first-order valence-corrected chi connectivity index (χ1v) is 5.62. The van der Waals surface area contributed by atoms with Crippen LogP contribution in [0, 0.1) is 0 Å². The summed E-state index contributed by atoms with van der Waals surface area (Å²) in [6.07, 6.45) is 10.3. The van der Waals surface area contributed by atoms with E-state index in [4.69, 9.17) is 0 Å². The molecule has 0 aliphatic heterocycles. The Kier molecular flexibility index (Phi) is 4.80. The van der Waals surface area contributed by atoms with Crippen molar-refractivity contribution in [3.63, 3.8) is 0 Å². The minimum Gasteiger partial charge on any atom is -0.310 e. The van der Waals surface area contributed by atoms with Crippen LogP contribution in [0.25, 0.3) is 5.70 Å². The second-order valence-electron chi connectivity index (χ2n) is 3.47. The Morgan fingerprint density at radius 2 is 2.36 bits per heavy atom. The van der Waals surface area contributed by atoms with Crippen LogP contribution in [-0.4, -0.2) is 14.8 Å². The highest BCUT2D eigenvalue weighted by Gasteiger charge is 2.08. The number of aromatic nitrogens is 2. The molecule has 1 aromatic rings. The maximum Gasteiger partial charge on any atom is 0.0989 e. The van der Waals surface area contributed by atoms with Crippen molar-refractivity contribution in [3.8, 4) is 0 Å². The van der Waals surface area contributed by atoms with Crippen LogP contribution in [0.1, 0.15) is 32.6 Å². The van der Waals surface area contributed by atoms with Crippen LogP contribution in [0.15, 0.2) is 25.3 Å². The lowest BCUT2D eigenvalue weighted by atomic mass is 10.1. The van der Waals surface area contributed by atoms with Crippen molar-refractivity contribution < 1.29 is 0 Å². The third kappa shape index (κ3) is 3.22. The summed E-state index contributed by atoms with van der Waals surface area (Å²) in [5.74, 6) is 0. The minimum absolute atomic E-state index is 0.246. The molecule has 3 heteroatoms. The van der Waals surface area contributed by atoms with Crippen molar-refractivity contribution in [1.29, 1.82) is 0 Å². The molecule has 0 saturated carbocycles. The predicted octanol–water partition coefficient (Wildman–Crippen LogP) is 3.23. The molecule has 0 saturated heterocycles. The number of nitrogens with zero attached hydrogens (tertiary/aromatic N) is 2. The molecule has 0 aromatic carbocycles. The van der Waals surface area contributed by atoms with Crippen molar-refractivity contribution in [2.24, 2.45) is 0 Å². The van der Waals surface area contributed by atoms with Gasteiger partial charge in [-0.05, 0) is 6.42 Å². The predicted molar refractivity (Wildman–Crippen MR) is 64.5 cm³/mol. The van der Waals surface area contributed by atoms with E-state index in [0.717, 1.165) is 12.1 Å². The molecule has 0 spiro atoms. The molecular weight excluding hydrogens is 192 g/mol. The van der Waals surface area contributed by atoms with Gasteiger partial charge in [0.05, 0.1) is 6.33 Å². The molecule has 14 heavy (non-hydrogen) atoms. The molecule has 1 aromatic heterocycles. The van der Waals surface area contributed by atoms with E-state index in [0.29, 0.717) is 0 Å². The minimum atomic E-state index is 0.246. The van der Waals surface area contributed by atoms with E-state index in [1.807, 2.05) is 10.8 Å². The largest absolute Gasteiger partial charge is 0.310 e. The summed E-state index contributed by atoms with van der Waals surface area (Å²) in [4.78, 5) is 3.99. The van der Waals surface area contributed by atoms with Gasteiger partial charge in [0.25, 0.3) is 0 Å². The van der Waals surface area contributed by atoms with Crippen LogP contribution in [-0.2, 0) is 0 Å². The Morgan fingerprint density at radius 3 is 2.93 bits per heavy atom. The lowest BCUT2D eigenvalue weighted by Gasteiger charge is -2.14. The Bertz CT molecular complexity index is 267. The van der Waals surface area contributed by atoms with Gasteiger partial charge in [0.1, 0.15) is 0 Å². The van der Waals surface area contributed by atoms with Crippen LogP contribution in [0.4, 0.5) is 0 Å². The normalized spacial score (nSPS) is 12.7. The number of thiol groups is 1. The van der Waals surface area contributed by atoms with E-state index in [1.165, 1.54) is 19.3 Å². The topological polar surface area (TPSA) is 17.8 Å². The molecule has 0 bridgehead atoms. The first-order chi connectivity index (χ1) is 6.75. The zero-order chi connectivity index (χ0) is 10.4. The Morgan fingerprint density at radius 1 is 1.57 bits per heavy atom. The van der Waals surface area contributed by atoms with Gasteiger partial charge in [-0.1, -0.05) is 32.8 Å². The molecule has 78 valence electrons. The third-order valence-electron chi connectivity index (χ3n) is 2.30. The van der Waals surface area contributed by atoms with Crippen LogP contribution in [0.5, 0.6) is 0 Å². The van der Waals surface area contributed by atoms with Gasteiger partial charge in [0.15, 0.2) is 0 Å². The standard InChI is InChI=1S/C11H18N2S/c1-3-4-5-6-11(14)10(2)13-8-7-12-9-13/h7-9,11,14H,2-6H2,1H3. The van der Waals surface area contributed by atoms with Crippen LogP contribution in [0.3, 0.4) is 0 Å². The molecule has 2 nitrogen and oxygen atoms in total.